The summed E-state index contributed by atoms with van der Waals surface area (Å²) in [6, 6.07) is 9.57. The zero-order valence-electron chi connectivity index (χ0n) is 10.7. The van der Waals surface area contributed by atoms with Crippen molar-refractivity contribution >= 4 is 0 Å². The topological polar surface area (TPSA) is 74.2 Å². The van der Waals surface area contributed by atoms with E-state index in [1.165, 1.54) is 6.42 Å². The van der Waals surface area contributed by atoms with Gasteiger partial charge in [0.1, 0.15) is 5.75 Å². The van der Waals surface area contributed by atoms with Crippen molar-refractivity contribution in [1.29, 1.82) is 0 Å². The lowest BCUT2D eigenvalue weighted by atomic mass is 9.75. The number of nitrogens with two attached hydrogens (primary N) is 1. The standard InChI is InChI=1S/C14H17N3O2/c15-14(7-4-8-14)9-13-16-12(17-19-13)10-18-11-5-2-1-3-6-11/h1-3,5-6H,4,7-10,15H2. The van der Waals surface area contributed by atoms with Crippen LogP contribution in [0.3, 0.4) is 0 Å². The van der Waals surface area contributed by atoms with Crippen molar-refractivity contribution in [2.45, 2.75) is 37.8 Å². The van der Waals surface area contributed by atoms with Gasteiger partial charge in [-0.3, -0.25) is 0 Å². The van der Waals surface area contributed by atoms with Crippen LogP contribution in [-0.2, 0) is 13.0 Å². The fraction of sp³-hybridized carbons (Fsp3) is 0.429. The van der Waals surface area contributed by atoms with Gasteiger partial charge in [0, 0.05) is 12.0 Å². The lowest BCUT2D eigenvalue weighted by Crippen LogP contribution is -2.48. The summed E-state index contributed by atoms with van der Waals surface area (Å²) in [5, 5.41) is 3.91. The molecule has 1 heterocycles. The largest absolute Gasteiger partial charge is 0.485 e. The molecule has 1 fully saturated rings. The molecule has 0 aliphatic heterocycles. The van der Waals surface area contributed by atoms with E-state index in [1.807, 2.05) is 30.3 Å². The van der Waals surface area contributed by atoms with Gasteiger partial charge in [-0.2, -0.15) is 4.98 Å². The van der Waals surface area contributed by atoms with E-state index in [0.717, 1.165) is 18.6 Å². The first-order valence-corrected chi connectivity index (χ1v) is 6.52. The van der Waals surface area contributed by atoms with Gasteiger partial charge < -0.3 is 15.0 Å². The van der Waals surface area contributed by atoms with E-state index in [1.54, 1.807) is 0 Å². The Morgan fingerprint density at radius 1 is 1.26 bits per heavy atom. The third kappa shape index (κ3) is 2.93. The van der Waals surface area contributed by atoms with Crippen LogP contribution in [0.2, 0.25) is 0 Å². The van der Waals surface area contributed by atoms with Crippen molar-refractivity contribution in [2.75, 3.05) is 0 Å². The summed E-state index contributed by atoms with van der Waals surface area (Å²) >= 11 is 0. The Morgan fingerprint density at radius 3 is 2.74 bits per heavy atom. The molecule has 0 atom stereocenters. The minimum atomic E-state index is -0.135. The van der Waals surface area contributed by atoms with Gasteiger partial charge in [0.2, 0.25) is 11.7 Å². The molecule has 2 aromatic rings. The van der Waals surface area contributed by atoms with Gasteiger partial charge in [0.25, 0.3) is 0 Å². The summed E-state index contributed by atoms with van der Waals surface area (Å²) in [4.78, 5) is 4.31. The van der Waals surface area contributed by atoms with Crippen molar-refractivity contribution in [3.63, 3.8) is 0 Å². The van der Waals surface area contributed by atoms with Crippen LogP contribution in [-0.4, -0.2) is 15.7 Å². The Labute approximate surface area is 111 Å². The van der Waals surface area contributed by atoms with Gasteiger partial charge in [-0.1, -0.05) is 23.4 Å². The fourth-order valence-electron chi connectivity index (χ4n) is 2.19. The number of nitrogens with zero attached hydrogens (tertiary/aromatic N) is 2. The molecule has 5 heteroatoms. The predicted molar refractivity (Wildman–Crippen MR) is 69.5 cm³/mol. The van der Waals surface area contributed by atoms with Crippen LogP contribution in [0.25, 0.3) is 0 Å². The van der Waals surface area contributed by atoms with E-state index < -0.39 is 0 Å². The van der Waals surface area contributed by atoms with E-state index in [4.69, 9.17) is 15.0 Å². The minimum Gasteiger partial charge on any atom is -0.485 e. The quantitative estimate of drug-likeness (QED) is 0.889. The summed E-state index contributed by atoms with van der Waals surface area (Å²) in [5.41, 5.74) is 6.02. The molecular formula is C14H17N3O2. The first-order chi connectivity index (χ1) is 9.23. The van der Waals surface area contributed by atoms with Crippen molar-refractivity contribution in [1.82, 2.24) is 10.1 Å². The monoisotopic (exact) mass is 259 g/mol. The maximum atomic E-state index is 6.15. The number of para-hydroxylation sites is 1. The predicted octanol–water partition coefficient (Wildman–Crippen LogP) is 2.07. The molecule has 100 valence electrons. The zero-order valence-corrected chi connectivity index (χ0v) is 10.7. The number of ether oxygens (including phenoxy) is 1. The van der Waals surface area contributed by atoms with E-state index in [-0.39, 0.29) is 5.54 Å². The molecule has 0 amide bonds. The lowest BCUT2D eigenvalue weighted by molar-refractivity contribution is 0.221. The second kappa shape index (κ2) is 5.01. The third-order valence-electron chi connectivity index (χ3n) is 3.47. The van der Waals surface area contributed by atoms with Crippen LogP contribution < -0.4 is 10.5 Å². The molecule has 1 aromatic heterocycles. The van der Waals surface area contributed by atoms with E-state index >= 15 is 0 Å². The van der Waals surface area contributed by atoms with E-state index in [0.29, 0.717) is 24.7 Å². The third-order valence-corrected chi connectivity index (χ3v) is 3.47. The summed E-state index contributed by atoms with van der Waals surface area (Å²) in [6.07, 6.45) is 3.91. The Bertz CT molecular complexity index is 535. The minimum absolute atomic E-state index is 0.135. The molecule has 0 unspecified atom stereocenters. The highest BCUT2D eigenvalue weighted by Gasteiger charge is 2.34. The van der Waals surface area contributed by atoms with Gasteiger partial charge >= 0.3 is 0 Å². The van der Waals surface area contributed by atoms with Crippen LogP contribution in [0.15, 0.2) is 34.9 Å². The van der Waals surface area contributed by atoms with Gasteiger partial charge in [0.05, 0.1) is 0 Å². The highest BCUT2D eigenvalue weighted by molar-refractivity contribution is 5.20. The van der Waals surface area contributed by atoms with Crippen LogP contribution in [0.4, 0.5) is 0 Å². The first kappa shape index (κ1) is 12.2. The molecular weight excluding hydrogens is 242 g/mol. The van der Waals surface area contributed by atoms with Gasteiger partial charge in [-0.15, -0.1) is 0 Å². The molecule has 0 saturated heterocycles. The number of rotatable bonds is 5. The SMILES string of the molecule is NC1(Cc2nc(COc3ccccc3)no2)CCC1. The first-order valence-electron chi connectivity index (χ1n) is 6.52. The number of hydrogen-bond acceptors (Lipinski definition) is 5. The molecule has 0 spiro atoms. The van der Waals surface area contributed by atoms with Crippen molar-refractivity contribution in [3.8, 4) is 5.75 Å². The maximum Gasteiger partial charge on any atom is 0.228 e. The molecule has 0 bridgehead atoms. The number of hydrogen-bond donors (Lipinski definition) is 1. The Morgan fingerprint density at radius 2 is 2.05 bits per heavy atom. The number of benzene rings is 1. The molecule has 5 nitrogen and oxygen atoms in total. The molecule has 1 aliphatic rings. The summed E-state index contributed by atoms with van der Waals surface area (Å²) in [5.74, 6) is 1.96. The van der Waals surface area contributed by atoms with Crippen LogP contribution >= 0.6 is 0 Å². The second-order valence-electron chi connectivity index (χ2n) is 5.10. The van der Waals surface area contributed by atoms with Gasteiger partial charge in [-0.05, 0) is 31.4 Å². The summed E-state index contributed by atoms with van der Waals surface area (Å²) in [7, 11) is 0. The highest BCUT2D eigenvalue weighted by atomic mass is 16.5. The van der Waals surface area contributed by atoms with Crippen LogP contribution in [0.5, 0.6) is 5.75 Å². The molecule has 19 heavy (non-hydrogen) atoms. The normalized spacial score (nSPS) is 16.9. The van der Waals surface area contributed by atoms with Crippen molar-refractivity contribution in [3.05, 3.63) is 42.0 Å². The van der Waals surface area contributed by atoms with Gasteiger partial charge in [0.15, 0.2) is 6.61 Å². The zero-order chi connectivity index (χ0) is 13.1. The molecule has 3 rings (SSSR count). The van der Waals surface area contributed by atoms with Crippen LogP contribution in [0, 0.1) is 0 Å². The molecule has 1 saturated carbocycles. The van der Waals surface area contributed by atoms with E-state index in [2.05, 4.69) is 10.1 Å². The Balaban J connectivity index is 1.56. The van der Waals surface area contributed by atoms with Crippen LogP contribution in [0.1, 0.15) is 31.0 Å². The molecule has 2 N–H and O–H groups in total. The van der Waals surface area contributed by atoms with Gasteiger partial charge in [-0.25, -0.2) is 0 Å². The molecule has 1 aromatic carbocycles. The fourth-order valence-corrected chi connectivity index (χ4v) is 2.19. The van der Waals surface area contributed by atoms with Crippen molar-refractivity contribution < 1.29 is 9.26 Å². The molecule has 0 radical (unpaired) electrons. The average Bonchev–Trinajstić information content (AvgIpc) is 2.83. The summed E-state index contributed by atoms with van der Waals surface area (Å²) in [6.45, 7) is 0.311. The van der Waals surface area contributed by atoms with Crippen molar-refractivity contribution in [2.24, 2.45) is 5.73 Å². The second-order valence-corrected chi connectivity index (χ2v) is 5.10. The average molecular weight is 259 g/mol. The molecule has 1 aliphatic carbocycles. The lowest BCUT2D eigenvalue weighted by Gasteiger charge is -2.36. The highest BCUT2D eigenvalue weighted by Crippen LogP contribution is 2.31. The smallest absolute Gasteiger partial charge is 0.228 e. The summed E-state index contributed by atoms with van der Waals surface area (Å²) < 4.78 is 10.8. The van der Waals surface area contributed by atoms with E-state index in [9.17, 15) is 0 Å². The Kier molecular flexibility index (Phi) is 3.21. The maximum absolute atomic E-state index is 6.15. The Hall–Kier alpha value is -1.88. The number of aromatic nitrogens is 2.